The number of hydrogen-bond acceptors (Lipinski definition) is 6. The SMILES string of the molecule is COC(=O)C1(C#N)C(c2ccco2)C(C(=O)c2ccccc2)N2c3ccccc3C=CC21. The Bertz CT molecular complexity index is 1240. The van der Waals surface area contributed by atoms with Gasteiger partial charge in [0.1, 0.15) is 11.8 Å². The second kappa shape index (κ2) is 7.54. The van der Waals surface area contributed by atoms with Gasteiger partial charge in [-0.05, 0) is 23.8 Å². The topological polar surface area (TPSA) is 83.5 Å². The number of fused-ring (bicyclic) bond motifs is 3. The number of hydrogen-bond donors (Lipinski definition) is 0. The Morgan fingerprint density at radius 3 is 2.50 bits per heavy atom. The fraction of sp³-hybridized carbons (Fsp3) is 0.192. The molecule has 0 spiro atoms. The molecule has 2 aliphatic rings. The predicted octanol–water partition coefficient (Wildman–Crippen LogP) is 4.21. The highest BCUT2D eigenvalue weighted by Crippen LogP contribution is 2.56. The fourth-order valence-corrected chi connectivity index (χ4v) is 5.09. The number of methoxy groups -OCH3 is 1. The molecule has 2 aliphatic heterocycles. The Morgan fingerprint density at radius 1 is 1.06 bits per heavy atom. The zero-order chi connectivity index (χ0) is 22.3. The van der Waals surface area contributed by atoms with Crippen LogP contribution in [0.5, 0.6) is 0 Å². The number of para-hydroxylation sites is 1. The highest BCUT2D eigenvalue weighted by molar-refractivity contribution is 6.06. The molecule has 4 atom stereocenters. The first kappa shape index (κ1) is 19.8. The molecular weight excluding hydrogens is 404 g/mol. The van der Waals surface area contributed by atoms with Crippen LogP contribution in [0.2, 0.25) is 0 Å². The van der Waals surface area contributed by atoms with E-state index in [2.05, 4.69) is 6.07 Å². The van der Waals surface area contributed by atoms with E-state index >= 15 is 0 Å². The maximum absolute atomic E-state index is 14.0. The van der Waals surface area contributed by atoms with E-state index in [1.165, 1.54) is 13.4 Å². The van der Waals surface area contributed by atoms with Crippen LogP contribution in [0.1, 0.15) is 27.6 Å². The molecule has 1 aromatic heterocycles. The number of esters is 1. The molecule has 0 radical (unpaired) electrons. The summed E-state index contributed by atoms with van der Waals surface area (Å²) >= 11 is 0. The Labute approximate surface area is 185 Å². The van der Waals surface area contributed by atoms with E-state index in [0.717, 1.165) is 11.3 Å². The van der Waals surface area contributed by atoms with E-state index in [9.17, 15) is 14.9 Å². The van der Waals surface area contributed by atoms with E-state index in [1.807, 2.05) is 47.4 Å². The maximum atomic E-state index is 14.0. The van der Waals surface area contributed by atoms with Crippen LogP contribution in [0.25, 0.3) is 6.08 Å². The van der Waals surface area contributed by atoms with Crippen LogP contribution in [0.15, 0.2) is 83.5 Å². The van der Waals surface area contributed by atoms with Gasteiger partial charge in [0.2, 0.25) is 0 Å². The van der Waals surface area contributed by atoms with Gasteiger partial charge >= 0.3 is 5.97 Å². The summed E-state index contributed by atoms with van der Waals surface area (Å²) in [6, 6.07) is 20.7. The van der Waals surface area contributed by atoms with Gasteiger partial charge in [0.25, 0.3) is 0 Å². The molecule has 6 nitrogen and oxygen atoms in total. The van der Waals surface area contributed by atoms with Crippen LogP contribution in [0.4, 0.5) is 5.69 Å². The Morgan fingerprint density at radius 2 is 1.81 bits per heavy atom. The van der Waals surface area contributed by atoms with Gasteiger partial charge in [0.05, 0.1) is 31.4 Å². The number of ether oxygens (including phenoxy) is 1. The summed E-state index contributed by atoms with van der Waals surface area (Å²) in [5.41, 5.74) is 0.517. The van der Waals surface area contributed by atoms with Crippen LogP contribution in [0, 0.1) is 16.7 Å². The first-order chi connectivity index (χ1) is 15.6. The lowest BCUT2D eigenvalue weighted by atomic mass is 9.70. The van der Waals surface area contributed by atoms with Crippen molar-refractivity contribution in [3.63, 3.8) is 0 Å². The molecule has 3 heterocycles. The smallest absolute Gasteiger partial charge is 0.329 e. The highest BCUT2D eigenvalue weighted by atomic mass is 16.5. The summed E-state index contributed by atoms with van der Waals surface area (Å²) in [7, 11) is 1.26. The molecular formula is C26H20N2O4. The molecule has 6 heteroatoms. The molecule has 32 heavy (non-hydrogen) atoms. The first-order valence-electron chi connectivity index (χ1n) is 10.3. The number of nitrogens with zero attached hydrogens (tertiary/aromatic N) is 2. The van der Waals surface area contributed by atoms with Gasteiger partial charge in [-0.1, -0.05) is 60.7 Å². The van der Waals surface area contributed by atoms with Gasteiger partial charge in [-0.3, -0.25) is 9.59 Å². The van der Waals surface area contributed by atoms with E-state index in [1.54, 1.807) is 36.4 Å². The molecule has 5 rings (SSSR count). The molecule has 0 bridgehead atoms. The van der Waals surface area contributed by atoms with Gasteiger partial charge in [-0.2, -0.15) is 5.26 Å². The fourth-order valence-electron chi connectivity index (χ4n) is 5.09. The number of benzene rings is 2. The first-order valence-corrected chi connectivity index (χ1v) is 10.3. The normalized spacial score (nSPS) is 25.5. The predicted molar refractivity (Wildman–Crippen MR) is 118 cm³/mol. The molecule has 0 saturated carbocycles. The van der Waals surface area contributed by atoms with E-state index in [4.69, 9.17) is 9.15 Å². The second-order valence-corrected chi connectivity index (χ2v) is 7.91. The summed E-state index contributed by atoms with van der Waals surface area (Å²) in [6.07, 6.45) is 5.19. The zero-order valence-corrected chi connectivity index (χ0v) is 17.3. The number of furan rings is 1. The third-order valence-electron chi connectivity index (χ3n) is 6.43. The third kappa shape index (κ3) is 2.64. The largest absolute Gasteiger partial charge is 0.469 e. The Kier molecular flexibility index (Phi) is 4.67. The van der Waals surface area contributed by atoms with Crippen molar-refractivity contribution in [1.29, 1.82) is 5.26 Å². The van der Waals surface area contributed by atoms with Gasteiger partial charge in [-0.15, -0.1) is 0 Å². The molecule has 1 fully saturated rings. The highest BCUT2D eigenvalue weighted by Gasteiger charge is 2.68. The monoisotopic (exact) mass is 424 g/mol. The molecule has 158 valence electrons. The van der Waals surface area contributed by atoms with Crippen molar-refractivity contribution in [1.82, 2.24) is 0 Å². The Hall–Kier alpha value is -4.11. The molecule has 0 N–H and O–H groups in total. The molecule has 0 aliphatic carbocycles. The molecule has 3 aromatic rings. The van der Waals surface area contributed by atoms with Gasteiger partial charge in [-0.25, -0.2) is 0 Å². The summed E-state index contributed by atoms with van der Waals surface area (Å²) in [5, 5.41) is 10.5. The van der Waals surface area contributed by atoms with Crippen molar-refractivity contribution in [3.8, 4) is 6.07 Å². The summed E-state index contributed by atoms with van der Waals surface area (Å²) in [5.74, 6) is -1.36. The van der Waals surface area contributed by atoms with Crippen molar-refractivity contribution in [2.45, 2.75) is 18.0 Å². The minimum Gasteiger partial charge on any atom is -0.469 e. The molecule has 1 saturated heterocycles. The van der Waals surface area contributed by atoms with Crippen molar-refractivity contribution >= 4 is 23.5 Å². The van der Waals surface area contributed by atoms with Crippen LogP contribution >= 0.6 is 0 Å². The minimum absolute atomic E-state index is 0.192. The maximum Gasteiger partial charge on any atom is 0.329 e. The second-order valence-electron chi connectivity index (χ2n) is 7.91. The number of nitriles is 1. The van der Waals surface area contributed by atoms with E-state index in [-0.39, 0.29) is 5.78 Å². The number of anilines is 1. The number of rotatable bonds is 4. The van der Waals surface area contributed by atoms with E-state index < -0.39 is 29.4 Å². The number of Topliss-reactive ketones (excluding diaryl/α,β-unsaturated/α-hetero) is 1. The van der Waals surface area contributed by atoms with Gasteiger partial charge in [0.15, 0.2) is 11.2 Å². The van der Waals surface area contributed by atoms with Crippen molar-refractivity contribution in [2.24, 2.45) is 5.41 Å². The van der Waals surface area contributed by atoms with Crippen LogP contribution in [-0.2, 0) is 9.53 Å². The van der Waals surface area contributed by atoms with Crippen LogP contribution in [0.3, 0.4) is 0 Å². The molecule has 4 unspecified atom stereocenters. The summed E-state index contributed by atoms with van der Waals surface area (Å²) < 4.78 is 10.9. The molecule has 2 aromatic carbocycles. The zero-order valence-electron chi connectivity index (χ0n) is 17.3. The average Bonchev–Trinajstić information content (AvgIpc) is 3.48. The Balaban J connectivity index is 1.81. The van der Waals surface area contributed by atoms with Crippen molar-refractivity contribution in [3.05, 3.63) is 96.0 Å². The van der Waals surface area contributed by atoms with Gasteiger partial charge in [0, 0.05) is 11.3 Å². The minimum atomic E-state index is -1.67. The summed E-state index contributed by atoms with van der Waals surface area (Å²) in [4.78, 5) is 29.1. The molecule has 0 amide bonds. The average molecular weight is 424 g/mol. The van der Waals surface area contributed by atoms with Crippen molar-refractivity contribution < 1.29 is 18.7 Å². The number of carbonyl (C=O) groups excluding carboxylic acids is 2. The van der Waals surface area contributed by atoms with Crippen LogP contribution in [-0.4, -0.2) is 30.9 Å². The summed E-state index contributed by atoms with van der Waals surface area (Å²) in [6.45, 7) is 0. The number of ketones is 1. The van der Waals surface area contributed by atoms with Crippen molar-refractivity contribution in [2.75, 3.05) is 12.0 Å². The third-order valence-corrected chi connectivity index (χ3v) is 6.43. The van der Waals surface area contributed by atoms with Gasteiger partial charge < -0.3 is 14.1 Å². The quantitative estimate of drug-likeness (QED) is 0.461. The van der Waals surface area contributed by atoms with E-state index in [0.29, 0.717) is 11.3 Å². The lowest BCUT2D eigenvalue weighted by Crippen LogP contribution is -2.46. The number of carbonyl (C=O) groups is 2. The standard InChI is InChI=1S/C26H20N2O4/c1-31-25(30)26(16-27)21-14-13-17-8-5-6-11-19(17)28(21)23(22(26)20-12-7-15-32-20)24(29)18-9-3-2-4-10-18/h2-15,21-23H,1H3. The lowest BCUT2D eigenvalue weighted by Gasteiger charge is -2.36. The lowest BCUT2D eigenvalue weighted by molar-refractivity contribution is -0.150. The van der Waals surface area contributed by atoms with Crippen LogP contribution < -0.4 is 4.90 Å².